The van der Waals surface area contributed by atoms with Crippen LogP contribution in [0, 0.1) is 11.6 Å². The van der Waals surface area contributed by atoms with Crippen LogP contribution in [0.25, 0.3) is 10.8 Å². The first kappa shape index (κ1) is 18.1. The highest BCUT2D eigenvalue weighted by Gasteiger charge is 2.26. The van der Waals surface area contributed by atoms with Crippen LogP contribution in [-0.2, 0) is 10.0 Å². The molecule has 136 valence electrons. The summed E-state index contributed by atoms with van der Waals surface area (Å²) in [5, 5.41) is 1.31. The molecule has 0 aliphatic carbocycles. The fourth-order valence-corrected chi connectivity index (χ4v) is 4.30. The summed E-state index contributed by atoms with van der Waals surface area (Å²) >= 11 is 0. The van der Waals surface area contributed by atoms with Gasteiger partial charge in [-0.25, -0.2) is 17.2 Å². The van der Waals surface area contributed by atoms with E-state index in [9.17, 15) is 17.2 Å². The molecule has 7 heteroatoms. The molecule has 0 saturated carbocycles. The van der Waals surface area contributed by atoms with Gasteiger partial charge in [-0.2, -0.15) is 0 Å². The summed E-state index contributed by atoms with van der Waals surface area (Å²) < 4.78 is 54.3. The minimum atomic E-state index is -4.04. The lowest BCUT2D eigenvalue weighted by Gasteiger charge is -2.22. The molecule has 0 N–H and O–H groups in total. The summed E-state index contributed by atoms with van der Waals surface area (Å²) in [4.78, 5) is 1.95. The molecule has 0 heterocycles. The molecule has 0 aliphatic heterocycles. The molecule has 0 bridgehead atoms. The maximum atomic E-state index is 14.1. The van der Waals surface area contributed by atoms with Crippen LogP contribution in [0.2, 0.25) is 0 Å². The molecule has 3 aromatic carbocycles. The van der Waals surface area contributed by atoms with Gasteiger partial charge in [0.25, 0.3) is 10.0 Å². The summed E-state index contributed by atoms with van der Waals surface area (Å²) in [6, 6.07) is 13.1. The lowest BCUT2D eigenvalue weighted by atomic mass is 10.1. The van der Waals surface area contributed by atoms with E-state index in [1.54, 1.807) is 18.2 Å². The first-order valence-corrected chi connectivity index (χ1v) is 9.30. The van der Waals surface area contributed by atoms with Crippen molar-refractivity contribution in [3.8, 4) is 0 Å². The van der Waals surface area contributed by atoms with Gasteiger partial charge in [-0.05, 0) is 24.3 Å². The van der Waals surface area contributed by atoms with Crippen LogP contribution >= 0.6 is 0 Å². The number of benzene rings is 3. The molecule has 0 unspecified atom stereocenters. The summed E-state index contributed by atoms with van der Waals surface area (Å²) in [7, 11) is 0.948. The van der Waals surface area contributed by atoms with Crippen molar-refractivity contribution in [1.29, 1.82) is 0 Å². The van der Waals surface area contributed by atoms with Gasteiger partial charge >= 0.3 is 0 Å². The van der Waals surface area contributed by atoms with Gasteiger partial charge in [0.2, 0.25) is 0 Å². The van der Waals surface area contributed by atoms with Crippen LogP contribution in [0.15, 0.2) is 59.5 Å². The van der Waals surface area contributed by atoms with Gasteiger partial charge < -0.3 is 4.90 Å². The van der Waals surface area contributed by atoms with Crippen LogP contribution in [0.5, 0.6) is 0 Å². The predicted molar refractivity (Wildman–Crippen MR) is 100 cm³/mol. The molecule has 4 nitrogen and oxygen atoms in total. The largest absolute Gasteiger partial charge is 0.377 e. The number of sulfonamides is 1. The average molecular weight is 376 g/mol. The topological polar surface area (TPSA) is 40.6 Å². The molecule has 3 rings (SSSR count). The number of anilines is 2. The Morgan fingerprint density at radius 1 is 0.808 bits per heavy atom. The molecule has 0 atom stereocenters. The molecule has 0 aliphatic rings. The van der Waals surface area contributed by atoms with Crippen molar-refractivity contribution in [2.45, 2.75) is 4.90 Å². The number of fused-ring (bicyclic) bond motifs is 1. The molecule has 0 amide bonds. The quantitative estimate of drug-likeness (QED) is 0.691. The predicted octanol–water partition coefficient (Wildman–Crippen LogP) is 4.01. The van der Waals surface area contributed by atoms with E-state index in [-0.39, 0.29) is 10.6 Å². The molecule has 0 radical (unpaired) electrons. The third-order valence-electron chi connectivity index (χ3n) is 4.23. The van der Waals surface area contributed by atoms with Crippen molar-refractivity contribution in [3.05, 3.63) is 66.2 Å². The van der Waals surface area contributed by atoms with E-state index >= 15 is 0 Å². The number of halogens is 2. The van der Waals surface area contributed by atoms with Crippen molar-refractivity contribution in [2.75, 3.05) is 30.3 Å². The minimum Gasteiger partial charge on any atom is -0.377 e. The zero-order valence-electron chi connectivity index (χ0n) is 14.6. The smallest absolute Gasteiger partial charge is 0.264 e. The third kappa shape index (κ3) is 2.99. The van der Waals surface area contributed by atoms with E-state index in [4.69, 9.17) is 0 Å². The van der Waals surface area contributed by atoms with Gasteiger partial charge in [-0.3, -0.25) is 4.31 Å². The number of nitrogens with zero attached hydrogens (tertiary/aromatic N) is 2. The first-order chi connectivity index (χ1) is 12.2. The van der Waals surface area contributed by atoms with Gasteiger partial charge in [0.15, 0.2) is 0 Å². The van der Waals surface area contributed by atoms with Gasteiger partial charge in [0.05, 0.1) is 10.6 Å². The van der Waals surface area contributed by atoms with E-state index in [1.807, 2.05) is 31.1 Å². The fraction of sp³-hybridized carbons (Fsp3) is 0.158. The standard InChI is InChI=1S/C19H18F2N2O2S/c1-22(2)17-8-4-7-15-14(17)6-5-9-19(15)26(24,25)23(3)18-11-10-13(20)12-16(18)21/h4-12H,1-3H3. The summed E-state index contributed by atoms with van der Waals surface area (Å²) in [5.74, 6) is -1.71. The molecule has 0 spiro atoms. The SMILES string of the molecule is CN(C)c1cccc2c(S(=O)(=O)N(C)c3ccc(F)cc3F)cccc12. The molecule has 0 saturated heterocycles. The normalized spacial score (nSPS) is 11.6. The first-order valence-electron chi connectivity index (χ1n) is 7.86. The van der Waals surface area contributed by atoms with Gasteiger partial charge in [0, 0.05) is 43.7 Å². The van der Waals surface area contributed by atoms with Crippen molar-refractivity contribution in [3.63, 3.8) is 0 Å². The second-order valence-electron chi connectivity index (χ2n) is 6.09. The van der Waals surface area contributed by atoms with Crippen molar-refractivity contribution in [2.24, 2.45) is 0 Å². The Labute approximate surface area is 151 Å². The monoisotopic (exact) mass is 376 g/mol. The number of rotatable bonds is 4. The molecule has 3 aromatic rings. The maximum absolute atomic E-state index is 14.1. The third-order valence-corrected chi connectivity index (χ3v) is 6.06. The van der Waals surface area contributed by atoms with E-state index in [2.05, 4.69) is 0 Å². The second kappa shape index (κ2) is 6.57. The van der Waals surface area contributed by atoms with Gasteiger partial charge in [-0.1, -0.05) is 24.3 Å². The highest BCUT2D eigenvalue weighted by molar-refractivity contribution is 7.93. The zero-order chi connectivity index (χ0) is 19.1. The Kier molecular flexibility index (Phi) is 4.58. The minimum absolute atomic E-state index is 0.0601. The highest BCUT2D eigenvalue weighted by atomic mass is 32.2. The Hall–Kier alpha value is -2.67. The average Bonchev–Trinajstić information content (AvgIpc) is 2.60. The van der Waals surface area contributed by atoms with Crippen LogP contribution in [0.4, 0.5) is 20.2 Å². The highest BCUT2D eigenvalue weighted by Crippen LogP contribution is 2.33. The van der Waals surface area contributed by atoms with Crippen LogP contribution < -0.4 is 9.21 Å². The summed E-state index contributed by atoms with van der Waals surface area (Å²) in [6.45, 7) is 0. The summed E-state index contributed by atoms with van der Waals surface area (Å²) in [6.07, 6.45) is 0. The van der Waals surface area contributed by atoms with Crippen molar-refractivity contribution >= 4 is 32.2 Å². The Morgan fingerprint density at radius 2 is 1.46 bits per heavy atom. The fourth-order valence-electron chi connectivity index (χ4n) is 2.89. The van der Waals surface area contributed by atoms with Gasteiger partial charge in [-0.15, -0.1) is 0 Å². The van der Waals surface area contributed by atoms with E-state index in [1.165, 1.54) is 13.1 Å². The van der Waals surface area contributed by atoms with E-state index in [0.717, 1.165) is 27.5 Å². The molecule has 0 aromatic heterocycles. The molecule has 0 fully saturated rings. The van der Waals surface area contributed by atoms with Crippen molar-refractivity contribution in [1.82, 2.24) is 0 Å². The lowest BCUT2D eigenvalue weighted by molar-refractivity contribution is 0.577. The van der Waals surface area contributed by atoms with E-state index < -0.39 is 21.7 Å². The van der Waals surface area contributed by atoms with Crippen molar-refractivity contribution < 1.29 is 17.2 Å². The lowest BCUT2D eigenvalue weighted by Crippen LogP contribution is -2.27. The zero-order valence-corrected chi connectivity index (χ0v) is 15.4. The maximum Gasteiger partial charge on any atom is 0.264 e. The molecular weight excluding hydrogens is 358 g/mol. The van der Waals surface area contributed by atoms with Crippen LogP contribution in [0.3, 0.4) is 0 Å². The Bertz CT molecular complexity index is 1080. The molecule has 26 heavy (non-hydrogen) atoms. The van der Waals surface area contributed by atoms with E-state index in [0.29, 0.717) is 11.5 Å². The Morgan fingerprint density at radius 3 is 2.12 bits per heavy atom. The number of hydrogen-bond acceptors (Lipinski definition) is 3. The molecular formula is C19H18F2N2O2S. The van der Waals surface area contributed by atoms with Crippen LogP contribution in [0.1, 0.15) is 0 Å². The Balaban J connectivity index is 2.20. The summed E-state index contributed by atoms with van der Waals surface area (Å²) in [5.41, 5.74) is 0.655. The van der Waals surface area contributed by atoms with Gasteiger partial charge in [0.1, 0.15) is 11.6 Å². The van der Waals surface area contributed by atoms with Crippen LogP contribution in [-0.4, -0.2) is 29.6 Å². The second-order valence-corrected chi connectivity index (χ2v) is 8.03. The number of hydrogen-bond donors (Lipinski definition) is 0.